The van der Waals surface area contributed by atoms with Gasteiger partial charge in [-0.3, -0.25) is 0 Å². The molecule has 0 saturated carbocycles. The lowest BCUT2D eigenvalue weighted by atomic mass is 9.82. The van der Waals surface area contributed by atoms with Crippen LogP contribution >= 0.6 is 0 Å². The second-order valence-corrected chi connectivity index (χ2v) is 28.9. The first kappa shape index (κ1) is 78.3. The summed E-state index contributed by atoms with van der Waals surface area (Å²) in [6.07, 6.45) is 0. The van der Waals surface area contributed by atoms with E-state index in [1.807, 2.05) is 30.3 Å². The van der Waals surface area contributed by atoms with Crippen molar-refractivity contribution in [2.75, 3.05) is 0 Å². The van der Waals surface area contributed by atoms with Gasteiger partial charge in [0.05, 0.1) is 0 Å². The Hall–Kier alpha value is -12.7. The zero-order chi connectivity index (χ0) is 75.9. The normalized spacial score (nSPS) is 11.0. The van der Waals surface area contributed by atoms with E-state index in [4.69, 9.17) is 0 Å². The predicted octanol–water partition coefficient (Wildman–Crippen LogP) is 31.3. The van der Waals surface area contributed by atoms with E-state index in [1.165, 1.54) is 165 Å². The summed E-state index contributed by atoms with van der Waals surface area (Å²) in [6, 6.07) is 145. The van der Waals surface area contributed by atoms with Crippen LogP contribution in [0.2, 0.25) is 0 Å². The van der Waals surface area contributed by atoms with E-state index in [9.17, 15) is 0 Å². The summed E-state index contributed by atoms with van der Waals surface area (Å²) < 4.78 is 0. The molecule has 0 radical (unpaired) electrons. The number of aryl methyl sites for hydroxylation is 8. The van der Waals surface area contributed by atoms with Crippen molar-refractivity contribution in [1.29, 1.82) is 0 Å². The molecule has 0 spiro atoms. The molecule has 1 aliphatic carbocycles. The Morgan fingerprint density at radius 2 is 0.500 bits per heavy atom. The lowest BCUT2D eigenvalue weighted by Gasteiger charge is -2.21. The van der Waals surface area contributed by atoms with Gasteiger partial charge in [-0.05, 0) is 193 Å². The SMILES string of the molecule is C.Cc1cc(-c2ccccc2)cc(-c2ccccc2)c1.Cc1ccc(-c2ccccc2)cc1.Cc1ccc2c(c1)C(C)(C)c1ccccc1-2.Cc1ccc2c3ccccc3c3ccccc3c2c1.Cc1ccc2ccccc2c1.Cc1cccc(-c2ccccc2)c1.Cc1cccc2ccccc12.Cc1ccccc1. The summed E-state index contributed by atoms with van der Waals surface area (Å²) in [5.74, 6) is 0. The first-order chi connectivity index (χ1) is 53.1. The summed E-state index contributed by atoms with van der Waals surface area (Å²) >= 11 is 0. The van der Waals surface area contributed by atoms with Crippen LogP contribution in [0.25, 0.3) is 109 Å². The Morgan fingerprint density at radius 1 is 0.164 bits per heavy atom. The molecular weight excluding hydrogens is 1320 g/mol. The molecule has 0 aliphatic heterocycles. The molecule has 0 fully saturated rings. The molecule has 0 amide bonds. The maximum Gasteiger partial charge on any atom is 0.0158 e. The quantitative estimate of drug-likeness (QED) is 0.154. The van der Waals surface area contributed by atoms with Gasteiger partial charge in [0.15, 0.2) is 0 Å². The van der Waals surface area contributed by atoms with Crippen LogP contribution in [0, 0.1) is 55.4 Å². The highest BCUT2D eigenvalue weighted by Crippen LogP contribution is 2.48. The van der Waals surface area contributed by atoms with E-state index >= 15 is 0 Å². The van der Waals surface area contributed by atoms with Gasteiger partial charge < -0.3 is 0 Å². The smallest absolute Gasteiger partial charge is 0.0158 e. The minimum atomic E-state index is 0. The minimum Gasteiger partial charge on any atom is -0.0776 e. The standard InChI is InChI=1S/C19H14.C19H16.C16H16.2C13H12.2C11H10.C7H8.CH4/c1-13-10-11-18-16-8-3-2-6-14(16)15-7-4-5-9-17(15)19(18)12-13;1-15-12-18(16-8-4-2-5-9-16)14-19(13-15)17-10-6-3-7-11-17;1-11-8-9-13-12-6-4-5-7-14(12)16(2,3)15(13)10-11;1-11-6-5-9-13(10-11)12-7-3-2-4-8-12;1-11-7-9-13(10-8-11)12-5-3-2-4-6-12;1-9-5-4-7-10-6-2-3-8-11(9)10;1-9-6-7-10-4-2-3-5-11(10)8-9;1-7-5-3-2-4-6-7;/h2-12H,1H3;2-14H,1H3;4-10H,1-3H3;2*2-10H,1H3;2*2-8H,1H3;2-6H,1H3;1H4. The van der Waals surface area contributed by atoms with Crippen LogP contribution in [-0.2, 0) is 5.41 Å². The third-order valence-electron chi connectivity index (χ3n) is 20.1. The first-order valence-corrected chi connectivity index (χ1v) is 38.0. The van der Waals surface area contributed by atoms with E-state index in [1.54, 1.807) is 0 Å². The molecule has 542 valence electrons. The molecule has 0 nitrogen and oxygen atoms in total. The molecule has 0 bridgehead atoms. The Morgan fingerprint density at radius 3 is 1.04 bits per heavy atom. The second-order valence-electron chi connectivity index (χ2n) is 28.9. The highest BCUT2D eigenvalue weighted by atomic mass is 14.4. The van der Waals surface area contributed by atoms with Crippen LogP contribution in [0.15, 0.2) is 413 Å². The van der Waals surface area contributed by atoms with Gasteiger partial charge in [-0.1, -0.05) is 461 Å². The van der Waals surface area contributed by atoms with E-state index < -0.39 is 0 Å². The van der Waals surface area contributed by atoms with Gasteiger partial charge in [0.25, 0.3) is 0 Å². The van der Waals surface area contributed by atoms with Crippen molar-refractivity contribution in [3.63, 3.8) is 0 Å². The van der Waals surface area contributed by atoms with Gasteiger partial charge in [-0.2, -0.15) is 0 Å². The van der Waals surface area contributed by atoms with Crippen molar-refractivity contribution in [3.8, 4) is 55.6 Å². The van der Waals surface area contributed by atoms with Crippen molar-refractivity contribution >= 4 is 53.9 Å². The zero-order valence-electron chi connectivity index (χ0n) is 64.8. The largest absolute Gasteiger partial charge is 0.0776 e. The fourth-order valence-electron chi connectivity index (χ4n) is 14.3. The molecule has 0 heteroatoms. The summed E-state index contributed by atoms with van der Waals surface area (Å²) in [5.41, 5.74) is 26.7. The number of fused-ring (bicyclic) bond motifs is 11. The first-order valence-electron chi connectivity index (χ1n) is 38.0. The van der Waals surface area contributed by atoms with Crippen molar-refractivity contribution in [3.05, 3.63) is 468 Å². The molecular formula is C110H102. The molecule has 0 unspecified atom stereocenters. The summed E-state index contributed by atoms with van der Waals surface area (Å²) in [5, 5.41) is 13.4. The Bertz CT molecular complexity index is 5830. The lowest BCUT2D eigenvalue weighted by molar-refractivity contribution is 0.660. The van der Waals surface area contributed by atoms with Gasteiger partial charge in [0.1, 0.15) is 0 Å². The molecule has 18 aromatic rings. The fourth-order valence-corrected chi connectivity index (χ4v) is 14.3. The Kier molecular flexibility index (Phi) is 27.2. The second kappa shape index (κ2) is 38.2. The van der Waals surface area contributed by atoms with Gasteiger partial charge in [-0.15, -0.1) is 0 Å². The summed E-state index contributed by atoms with van der Waals surface area (Å²) in [7, 11) is 0. The van der Waals surface area contributed by atoms with E-state index in [-0.39, 0.29) is 12.8 Å². The molecule has 18 aromatic carbocycles. The number of hydrogen-bond donors (Lipinski definition) is 0. The van der Waals surface area contributed by atoms with Crippen molar-refractivity contribution in [2.24, 2.45) is 0 Å². The Labute approximate surface area is 655 Å². The third kappa shape index (κ3) is 20.5. The van der Waals surface area contributed by atoms with Crippen LogP contribution in [0.3, 0.4) is 0 Å². The molecule has 19 rings (SSSR count). The minimum absolute atomic E-state index is 0. The molecule has 0 atom stereocenters. The third-order valence-corrected chi connectivity index (χ3v) is 20.1. The number of hydrogen-bond acceptors (Lipinski definition) is 0. The van der Waals surface area contributed by atoms with Gasteiger partial charge in [0, 0.05) is 5.41 Å². The van der Waals surface area contributed by atoms with Crippen LogP contribution < -0.4 is 0 Å². The maximum absolute atomic E-state index is 2.33. The average molecular weight is 1420 g/mol. The fraction of sp³-hybridized carbons (Fsp3) is 0.109. The summed E-state index contributed by atoms with van der Waals surface area (Å²) in [4.78, 5) is 0. The molecule has 0 saturated heterocycles. The van der Waals surface area contributed by atoms with Crippen LogP contribution in [0.5, 0.6) is 0 Å². The maximum atomic E-state index is 2.33. The molecule has 0 heterocycles. The number of rotatable bonds is 4. The topological polar surface area (TPSA) is 0 Å². The molecule has 110 heavy (non-hydrogen) atoms. The van der Waals surface area contributed by atoms with Crippen molar-refractivity contribution in [2.45, 2.75) is 82.1 Å². The molecule has 0 N–H and O–H groups in total. The van der Waals surface area contributed by atoms with Gasteiger partial charge >= 0.3 is 0 Å². The van der Waals surface area contributed by atoms with E-state index in [2.05, 4.69) is 451 Å². The van der Waals surface area contributed by atoms with E-state index in [0.29, 0.717) is 0 Å². The van der Waals surface area contributed by atoms with E-state index in [0.717, 1.165) is 0 Å². The lowest BCUT2D eigenvalue weighted by Crippen LogP contribution is -2.14. The monoisotopic (exact) mass is 1420 g/mol. The highest BCUT2D eigenvalue weighted by molar-refractivity contribution is 6.25. The predicted molar refractivity (Wildman–Crippen MR) is 483 cm³/mol. The van der Waals surface area contributed by atoms with Gasteiger partial charge in [0.2, 0.25) is 0 Å². The van der Waals surface area contributed by atoms with Crippen LogP contribution in [0.1, 0.15) is 76.9 Å². The number of benzene rings is 18. The summed E-state index contributed by atoms with van der Waals surface area (Å²) in [6.45, 7) is 21.7. The Balaban J connectivity index is 0.000000126. The van der Waals surface area contributed by atoms with Crippen molar-refractivity contribution < 1.29 is 0 Å². The molecule has 1 aliphatic rings. The molecule has 0 aromatic heterocycles. The van der Waals surface area contributed by atoms with Crippen LogP contribution in [-0.4, -0.2) is 0 Å². The van der Waals surface area contributed by atoms with Crippen LogP contribution in [0.4, 0.5) is 0 Å². The zero-order valence-corrected chi connectivity index (χ0v) is 64.8. The highest BCUT2D eigenvalue weighted by Gasteiger charge is 2.34. The average Bonchev–Trinajstić information content (AvgIpc) is 1.28. The van der Waals surface area contributed by atoms with Crippen molar-refractivity contribution in [1.82, 2.24) is 0 Å². The van der Waals surface area contributed by atoms with Gasteiger partial charge in [-0.25, -0.2) is 0 Å².